The number of likely N-dealkylation sites (tertiary alicyclic amines) is 1. The van der Waals surface area contributed by atoms with E-state index in [0.29, 0.717) is 0 Å². The summed E-state index contributed by atoms with van der Waals surface area (Å²) >= 11 is 0. The second-order valence-electron chi connectivity index (χ2n) is 5.45. The van der Waals surface area contributed by atoms with Crippen molar-refractivity contribution in [2.45, 2.75) is 24.9 Å². The van der Waals surface area contributed by atoms with Crippen molar-refractivity contribution in [2.75, 3.05) is 33.7 Å². The van der Waals surface area contributed by atoms with Gasteiger partial charge in [0.1, 0.15) is 0 Å². The fourth-order valence-corrected chi connectivity index (χ4v) is 2.71. The van der Waals surface area contributed by atoms with Crippen molar-refractivity contribution >= 4 is 0 Å². The van der Waals surface area contributed by atoms with Crippen LogP contribution >= 0.6 is 0 Å². The van der Waals surface area contributed by atoms with Gasteiger partial charge in [0.25, 0.3) is 0 Å². The minimum Gasteiger partial charge on any atom is -0.329 e. The van der Waals surface area contributed by atoms with E-state index in [1.54, 1.807) is 0 Å². The van der Waals surface area contributed by atoms with Crippen molar-refractivity contribution in [3.63, 3.8) is 0 Å². The molecule has 2 N–H and O–H groups in total. The lowest BCUT2D eigenvalue weighted by Crippen LogP contribution is -2.57. The van der Waals surface area contributed by atoms with Crippen LogP contribution in [0.5, 0.6) is 0 Å². The molecule has 0 aromatic carbocycles. The Morgan fingerprint density at radius 1 is 1.44 bits per heavy atom. The van der Waals surface area contributed by atoms with E-state index in [2.05, 4.69) is 34.9 Å². The average molecular weight is 248 g/mol. The smallest absolute Gasteiger partial charge is 0.0356 e. The molecule has 0 unspecified atom stereocenters. The number of nitrogens with two attached hydrogens (primary N) is 1. The molecule has 0 radical (unpaired) electrons. The Hall–Kier alpha value is -0.970. The van der Waals surface area contributed by atoms with Crippen molar-refractivity contribution in [1.29, 1.82) is 0 Å². The zero-order valence-corrected chi connectivity index (χ0v) is 11.5. The van der Waals surface area contributed by atoms with Crippen LogP contribution in [0.15, 0.2) is 24.5 Å². The van der Waals surface area contributed by atoms with Crippen LogP contribution in [0.1, 0.15) is 18.4 Å². The number of hydrogen-bond donors (Lipinski definition) is 1. The van der Waals surface area contributed by atoms with E-state index >= 15 is 0 Å². The summed E-state index contributed by atoms with van der Waals surface area (Å²) in [7, 11) is 4.37. The van der Waals surface area contributed by atoms with E-state index in [0.717, 1.165) is 39.0 Å². The topological polar surface area (TPSA) is 45.4 Å². The quantitative estimate of drug-likeness (QED) is 0.861. The van der Waals surface area contributed by atoms with Crippen LogP contribution in [0.2, 0.25) is 0 Å². The Morgan fingerprint density at radius 3 is 2.72 bits per heavy atom. The molecule has 1 aliphatic rings. The summed E-state index contributed by atoms with van der Waals surface area (Å²) < 4.78 is 0. The van der Waals surface area contributed by atoms with Gasteiger partial charge in [0.2, 0.25) is 0 Å². The summed E-state index contributed by atoms with van der Waals surface area (Å²) in [4.78, 5) is 8.97. The van der Waals surface area contributed by atoms with Crippen LogP contribution in [0.3, 0.4) is 0 Å². The lowest BCUT2D eigenvalue weighted by molar-refractivity contribution is 0.0484. The van der Waals surface area contributed by atoms with Gasteiger partial charge >= 0.3 is 0 Å². The van der Waals surface area contributed by atoms with E-state index in [-0.39, 0.29) is 5.54 Å². The van der Waals surface area contributed by atoms with E-state index in [1.165, 1.54) is 5.56 Å². The van der Waals surface area contributed by atoms with Crippen LogP contribution in [-0.4, -0.2) is 54.1 Å². The lowest BCUT2D eigenvalue weighted by Gasteiger charge is -2.46. The zero-order valence-electron chi connectivity index (χ0n) is 11.5. The first-order valence-corrected chi connectivity index (χ1v) is 6.65. The van der Waals surface area contributed by atoms with Gasteiger partial charge in [0.05, 0.1) is 0 Å². The number of likely N-dealkylation sites (N-methyl/N-ethyl adjacent to an activating group) is 1. The maximum Gasteiger partial charge on any atom is 0.0356 e. The molecule has 0 atom stereocenters. The van der Waals surface area contributed by atoms with Gasteiger partial charge in [-0.25, -0.2) is 0 Å². The molecule has 1 aromatic rings. The highest BCUT2D eigenvalue weighted by molar-refractivity contribution is 5.09. The van der Waals surface area contributed by atoms with Gasteiger partial charge in [-0.1, -0.05) is 6.07 Å². The van der Waals surface area contributed by atoms with E-state index in [1.807, 2.05) is 18.5 Å². The number of pyridine rings is 1. The largest absolute Gasteiger partial charge is 0.329 e. The first-order chi connectivity index (χ1) is 8.66. The standard InChI is InChI=1S/C14H24N4/c1-17-8-5-14(12-15,6-9-17)18(2)11-13-4-3-7-16-10-13/h3-4,7,10H,5-6,8-9,11-12,15H2,1-2H3. The number of hydrogen-bond acceptors (Lipinski definition) is 4. The molecule has 0 saturated carbocycles. The SMILES string of the molecule is CN1CCC(CN)(N(C)Cc2cccnc2)CC1. The number of rotatable bonds is 4. The van der Waals surface area contributed by atoms with Gasteiger partial charge in [-0.2, -0.15) is 0 Å². The van der Waals surface area contributed by atoms with Gasteiger partial charge in [-0.05, 0) is 51.7 Å². The second kappa shape index (κ2) is 5.78. The van der Waals surface area contributed by atoms with Crippen LogP contribution < -0.4 is 5.73 Å². The minimum atomic E-state index is 0.155. The molecular weight excluding hydrogens is 224 g/mol. The highest BCUT2D eigenvalue weighted by Crippen LogP contribution is 2.27. The van der Waals surface area contributed by atoms with Gasteiger partial charge in [-0.3, -0.25) is 9.88 Å². The molecule has 1 fully saturated rings. The molecular formula is C14H24N4. The molecule has 2 rings (SSSR count). The minimum absolute atomic E-state index is 0.155. The van der Waals surface area contributed by atoms with Crippen molar-refractivity contribution in [3.05, 3.63) is 30.1 Å². The summed E-state index contributed by atoms with van der Waals surface area (Å²) in [6.45, 7) is 3.93. The highest BCUT2D eigenvalue weighted by Gasteiger charge is 2.35. The predicted molar refractivity (Wildman–Crippen MR) is 74.2 cm³/mol. The van der Waals surface area contributed by atoms with Crippen LogP contribution in [-0.2, 0) is 6.54 Å². The van der Waals surface area contributed by atoms with Crippen LogP contribution in [0.4, 0.5) is 0 Å². The van der Waals surface area contributed by atoms with E-state index in [9.17, 15) is 0 Å². The summed E-state index contributed by atoms with van der Waals surface area (Å²) in [6.07, 6.45) is 6.06. The normalized spacial score (nSPS) is 20.2. The van der Waals surface area contributed by atoms with Crippen LogP contribution in [0.25, 0.3) is 0 Å². The molecule has 1 saturated heterocycles. The monoisotopic (exact) mass is 248 g/mol. The summed E-state index contributed by atoms with van der Waals surface area (Å²) in [5, 5.41) is 0. The summed E-state index contributed by atoms with van der Waals surface area (Å²) in [5.74, 6) is 0. The number of aromatic nitrogens is 1. The van der Waals surface area contributed by atoms with Gasteiger partial charge in [-0.15, -0.1) is 0 Å². The van der Waals surface area contributed by atoms with Gasteiger partial charge in [0.15, 0.2) is 0 Å². The Bertz CT molecular complexity index is 357. The Labute approximate surface area is 110 Å². The lowest BCUT2D eigenvalue weighted by atomic mass is 9.86. The van der Waals surface area contributed by atoms with Crippen molar-refractivity contribution in [2.24, 2.45) is 5.73 Å². The molecule has 100 valence electrons. The summed E-state index contributed by atoms with van der Waals surface area (Å²) in [5.41, 5.74) is 7.47. The Balaban J connectivity index is 2.03. The van der Waals surface area contributed by atoms with E-state index < -0.39 is 0 Å². The maximum absolute atomic E-state index is 6.06. The predicted octanol–water partition coefficient (Wildman–Crippen LogP) is 0.937. The fraction of sp³-hybridized carbons (Fsp3) is 0.643. The van der Waals surface area contributed by atoms with Crippen LogP contribution in [0, 0.1) is 0 Å². The number of nitrogens with zero attached hydrogens (tertiary/aromatic N) is 3. The molecule has 0 bridgehead atoms. The molecule has 0 amide bonds. The first kappa shape index (κ1) is 13.5. The van der Waals surface area contributed by atoms with E-state index in [4.69, 9.17) is 5.73 Å². The van der Waals surface area contributed by atoms with Gasteiger partial charge in [0, 0.05) is 31.0 Å². The molecule has 2 heterocycles. The number of piperidine rings is 1. The summed E-state index contributed by atoms with van der Waals surface area (Å²) in [6, 6.07) is 4.12. The van der Waals surface area contributed by atoms with Crippen molar-refractivity contribution < 1.29 is 0 Å². The second-order valence-corrected chi connectivity index (χ2v) is 5.45. The maximum atomic E-state index is 6.06. The van der Waals surface area contributed by atoms with Gasteiger partial charge < -0.3 is 10.6 Å². The zero-order chi connectivity index (χ0) is 13.0. The van der Waals surface area contributed by atoms with Crippen molar-refractivity contribution in [3.8, 4) is 0 Å². The Morgan fingerprint density at radius 2 is 2.17 bits per heavy atom. The molecule has 18 heavy (non-hydrogen) atoms. The first-order valence-electron chi connectivity index (χ1n) is 6.65. The fourth-order valence-electron chi connectivity index (χ4n) is 2.71. The third-order valence-corrected chi connectivity index (χ3v) is 4.25. The molecule has 4 heteroatoms. The Kier molecular flexibility index (Phi) is 4.32. The molecule has 1 aromatic heterocycles. The third-order valence-electron chi connectivity index (χ3n) is 4.25. The molecule has 4 nitrogen and oxygen atoms in total. The average Bonchev–Trinajstić information content (AvgIpc) is 2.41. The molecule has 0 spiro atoms. The molecule has 1 aliphatic heterocycles. The third kappa shape index (κ3) is 2.88. The van der Waals surface area contributed by atoms with Crippen molar-refractivity contribution in [1.82, 2.24) is 14.8 Å². The highest BCUT2D eigenvalue weighted by atomic mass is 15.2. The molecule has 0 aliphatic carbocycles.